The van der Waals surface area contributed by atoms with Gasteiger partial charge in [0.25, 0.3) is 11.8 Å². The van der Waals surface area contributed by atoms with Gasteiger partial charge >= 0.3 is 47.7 Å². The molecule has 0 bridgehead atoms. The first kappa shape index (κ1) is 38.0. The number of ether oxygens (including phenoxy) is 1. The minimum atomic E-state index is -8.74. The van der Waals surface area contributed by atoms with Gasteiger partial charge in [-0.15, -0.1) is 0 Å². The van der Waals surface area contributed by atoms with E-state index in [1.165, 1.54) is 42.5 Å². The highest BCUT2D eigenvalue weighted by molar-refractivity contribution is 6.35. The Balaban J connectivity index is 1.81. The van der Waals surface area contributed by atoms with Crippen LogP contribution in [0, 0.1) is 0 Å². The van der Waals surface area contributed by atoms with Crippen molar-refractivity contribution in [1.82, 2.24) is 0 Å². The van der Waals surface area contributed by atoms with E-state index in [-0.39, 0.29) is 27.2 Å². The van der Waals surface area contributed by atoms with E-state index in [0.717, 1.165) is 24.3 Å². The molecule has 0 saturated heterocycles. The molecule has 1 aliphatic rings. The molecule has 21 heteroatoms. The van der Waals surface area contributed by atoms with E-state index >= 15 is 0 Å². The number of nitrogens with zero attached hydrogens (tertiary/aromatic N) is 1. The predicted molar refractivity (Wildman–Crippen MR) is 135 cm³/mol. The third-order valence-corrected chi connectivity index (χ3v) is 7.08. The molecule has 4 rings (SSSR count). The van der Waals surface area contributed by atoms with Crippen LogP contribution < -0.4 is 9.64 Å². The molecule has 4 nitrogen and oxygen atoms in total. The second-order valence-corrected chi connectivity index (χ2v) is 10.2. The number of carbonyl (C=O) groups is 2. The topological polar surface area (TPSA) is 46.6 Å². The molecule has 270 valence electrons. The minimum absolute atomic E-state index is 0.0182. The van der Waals surface area contributed by atoms with Crippen LogP contribution >= 0.6 is 0 Å². The molecule has 50 heavy (non-hydrogen) atoms. The van der Waals surface area contributed by atoms with Gasteiger partial charge in [-0.2, -0.15) is 74.6 Å². The van der Waals surface area contributed by atoms with Gasteiger partial charge in [-0.3, -0.25) is 9.59 Å². The zero-order valence-corrected chi connectivity index (χ0v) is 23.5. The molecule has 0 spiro atoms. The molecule has 1 heterocycles. The van der Waals surface area contributed by atoms with Crippen molar-refractivity contribution in [3.63, 3.8) is 0 Å². The van der Waals surface area contributed by atoms with Crippen molar-refractivity contribution in [2.24, 2.45) is 0 Å². The summed E-state index contributed by atoms with van der Waals surface area (Å²) >= 11 is 0. The summed E-state index contributed by atoms with van der Waals surface area (Å²) in [7, 11) is 0. The van der Waals surface area contributed by atoms with Gasteiger partial charge in [0.15, 0.2) is 5.75 Å². The van der Waals surface area contributed by atoms with E-state index in [4.69, 9.17) is 0 Å². The van der Waals surface area contributed by atoms with Crippen LogP contribution in [0.4, 0.5) is 80.3 Å². The Morgan fingerprint density at radius 2 is 0.960 bits per heavy atom. The van der Waals surface area contributed by atoms with Gasteiger partial charge in [0.05, 0.1) is 16.8 Å². The molecule has 0 N–H and O–H groups in total. The van der Waals surface area contributed by atoms with E-state index in [1.54, 1.807) is 0 Å². The standard InChI is InChI=1S/C29H12F17NO3/c30-19(23(32,33)24(34,35)25(36,37)26(38,39)27(40,41)28(42,43)29(44,45)46)20(31)50-18-11-10-14(13-6-2-1-3-7-13)12-17(18)47-21(48)15-8-4-5-9-16(15)22(47)49/h1-12H. The van der Waals surface area contributed by atoms with Crippen LogP contribution in [0.2, 0.25) is 0 Å². The zero-order chi connectivity index (χ0) is 38.0. The van der Waals surface area contributed by atoms with Crippen LogP contribution in [-0.4, -0.2) is 53.5 Å². The summed E-state index contributed by atoms with van der Waals surface area (Å²) in [6.45, 7) is 0. The van der Waals surface area contributed by atoms with Crippen molar-refractivity contribution < 1.29 is 89.0 Å². The smallest absolute Gasteiger partial charge is 0.427 e. The molecule has 3 aromatic carbocycles. The molecular formula is C29H12F17NO3. The number of carbonyl (C=O) groups excluding carboxylic acids is 2. The molecular weight excluding hydrogens is 733 g/mol. The fourth-order valence-electron chi connectivity index (χ4n) is 4.37. The van der Waals surface area contributed by atoms with Gasteiger partial charge < -0.3 is 4.74 Å². The second-order valence-electron chi connectivity index (χ2n) is 10.2. The molecule has 0 radical (unpaired) electrons. The summed E-state index contributed by atoms with van der Waals surface area (Å²) in [6.07, 6.45) is -7.86. The minimum Gasteiger partial charge on any atom is -0.427 e. The number of halogens is 17. The molecule has 0 atom stereocenters. The van der Waals surface area contributed by atoms with E-state index < -0.39 is 76.8 Å². The summed E-state index contributed by atoms with van der Waals surface area (Å²) in [5, 5.41) is 0. The molecule has 1 aliphatic heterocycles. The third kappa shape index (κ3) is 5.40. The Kier molecular flexibility index (Phi) is 9.03. The van der Waals surface area contributed by atoms with Crippen LogP contribution in [0.5, 0.6) is 5.75 Å². The van der Waals surface area contributed by atoms with Gasteiger partial charge in [0.2, 0.25) is 5.83 Å². The first-order chi connectivity index (χ1) is 22.7. The largest absolute Gasteiger partial charge is 0.460 e. The van der Waals surface area contributed by atoms with Crippen LogP contribution in [0.15, 0.2) is 84.6 Å². The number of imide groups is 1. The highest BCUT2D eigenvalue weighted by atomic mass is 19.4. The lowest BCUT2D eigenvalue weighted by molar-refractivity contribution is -0.451. The molecule has 0 aliphatic carbocycles. The van der Waals surface area contributed by atoms with E-state index in [9.17, 15) is 84.2 Å². The van der Waals surface area contributed by atoms with Gasteiger partial charge in [0.1, 0.15) is 0 Å². The number of hydrogen-bond donors (Lipinski definition) is 0. The Hall–Kier alpha value is -4.85. The van der Waals surface area contributed by atoms with Crippen molar-refractivity contribution in [2.45, 2.75) is 41.7 Å². The third-order valence-electron chi connectivity index (χ3n) is 7.08. The van der Waals surface area contributed by atoms with Crippen LogP contribution in [0.25, 0.3) is 11.1 Å². The number of fused-ring (bicyclic) bond motifs is 1. The van der Waals surface area contributed by atoms with Crippen LogP contribution in [0.1, 0.15) is 20.7 Å². The van der Waals surface area contributed by atoms with Crippen molar-refractivity contribution >= 4 is 17.5 Å². The predicted octanol–water partition coefficient (Wildman–Crippen LogP) is 10.0. The number of rotatable bonds is 10. The number of allylic oxidation sites excluding steroid dienone is 1. The summed E-state index contributed by atoms with van der Waals surface area (Å²) < 4.78 is 236. The van der Waals surface area contributed by atoms with E-state index in [2.05, 4.69) is 4.74 Å². The monoisotopic (exact) mass is 745 g/mol. The van der Waals surface area contributed by atoms with Crippen molar-refractivity contribution in [3.8, 4) is 16.9 Å². The highest BCUT2D eigenvalue weighted by Crippen LogP contribution is 2.63. The van der Waals surface area contributed by atoms with Gasteiger partial charge in [0, 0.05) is 0 Å². The first-order valence-corrected chi connectivity index (χ1v) is 12.9. The lowest BCUT2D eigenvalue weighted by Crippen LogP contribution is -2.72. The molecule has 0 unspecified atom stereocenters. The number of amides is 2. The highest BCUT2D eigenvalue weighted by Gasteiger charge is 2.94. The normalized spacial score (nSPS) is 15.7. The van der Waals surface area contributed by atoms with E-state index in [0.29, 0.717) is 6.07 Å². The quantitative estimate of drug-likeness (QED) is 0.118. The van der Waals surface area contributed by atoms with Crippen molar-refractivity contribution in [2.75, 3.05) is 4.90 Å². The molecule has 0 fully saturated rings. The van der Waals surface area contributed by atoms with Crippen LogP contribution in [0.3, 0.4) is 0 Å². The Morgan fingerprint density at radius 1 is 0.520 bits per heavy atom. The molecule has 0 aromatic heterocycles. The average molecular weight is 745 g/mol. The molecule has 3 aromatic rings. The lowest BCUT2D eigenvalue weighted by Gasteiger charge is -2.41. The van der Waals surface area contributed by atoms with Crippen molar-refractivity contribution in [3.05, 3.63) is 95.8 Å². The number of benzene rings is 3. The SMILES string of the molecule is O=C1c2ccccc2C(=O)N1c1cc(-c2ccccc2)ccc1OC(F)=C(F)C(F)(F)C(F)(F)C(F)(F)C(F)(F)C(F)(F)C(F)(F)C(F)(F)F. The Morgan fingerprint density at radius 3 is 1.44 bits per heavy atom. The van der Waals surface area contributed by atoms with Gasteiger partial charge in [-0.1, -0.05) is 48.5 Å². The second kappa shape index (κ2) is 11.9. The fraction of sp³-hybridized carbons (Fsp3) is 0.241. The van der Waals surface area contributed by atoms with Crippen LogP contribution in [-0.2, 0) is 0 Å². The maximum absolute atomic E-state index is 14.8. The van der Waals surface area contributed by atoms with Gasteiger partial charge in [-0.25, -0.2) is 4.90 Å². The Labute approximate surface area is 266 Å². The maximum atomic E-state index is 14.8. The number of anilines is 1. The average Bonchev–Trinajstić information content (AvgIpc) is 3.29. The fourth-order valence-corrected chi connectivity index (χ4v) is 4.37. The van der Waals surface area contributed by atoms with Gasteiger partial charge in [-0.05, 0) is 35.4 Å². The summed E-state index contributed by atoms with van der Waals surface area (Å²) in [4.78, 5) is 26.3. The summed E-state index contributed by atoms with van der Waals surface area (Å²) in [5.74, 6) is -58.9. The maximum Gasteiger partial charge on any atom is 0.460 e. The van der Waals surface area contributed by atoms with E-state index in [1.807, 2.05) is 0 Å². The summed E-state index contributed by atoms with van der Waals surface area (Å²) in [5.41, 5.74) is -1.32. The first-order valence-electron chi connectivity index (χ1n) is 12.9. The zero-order valence-electron chi connectivity index (χ0n) is 23.5. The number of hydrogen-bond acceptors (Lipinski definition) is 3. The molecule has 0 saturated carbocycles. The van der Waals surface area contributed by atoms with Crippen molar-refractivity contribution in [1.29, 1.82) is 0 Å². The summed E-state index contributed by atoms with van der Waals surface area (Å²) in [6, 6.07) is 10.5. The lowest BCUT2D eigenvalue weighted by atomic mass is 9.91. The molecule has 2 amide bonds. The Bertz CT molecular complexity index is 1820. The number of alkyl halides is 15.